The van der Waals surface area contributed by atoms with Crippen LogP contribution in [-0.2, 0) is 0 Å². The second kappa shape index (κ2) is 6.28. The summed E-state index contributed by atoms with van der Waals surface area (Å²) in [5.74, 6) is 1.21. The average molecular weight is 400 g/mol. The third-order valence-electron chi connectivity index (χ3n) is 2.70. The summed E-state index contributed by atoms with van der Waals surface area (Å²) < 4.78 is 7.55. The number of hydrogen-bond donors (Lipinski definition) is 2. The second-order valence-corrected chi connectivity index (χ2v) is 5.88. The van der Waals surface area contributed by atoms with Crippen molar-refractivity contribution in [2.75, 3.05) is 0 Å². The normalized spacial score (nSPS) is 11.4. The largest absolute Gasteiger partial charge is 0.456 e. The molecule has 2 rings (SSSR count). The van der Waals surface area contributed by atoms with Crippen molar-refractivity contribution in [3.63, 3.8) is 0 Å². The van der Waals surface area contributed by atoms with Gasteiger partial charge in [0.1, 0.15) is 11.5 Å². The number of rotatable bonds is 3. The Balaban J connectivity index is 2.46. The van der Waals surface area contributed by atoms with Gasteiger partial charge in [-0.25, -0.2) is 0 Å². The van der Waals surface area contributed by atoms with E-state index in [1.54, 1.807) is 12.1 Å². The van der Waals surface area contributed by atoms with E-state index in [0.717, 1.165) is 10.0 Å². The van der Waals surface area contributed by atoms with Gasteiger partial charge in [0.05, 0.1) is 5.56 Å². The Morgan fingerprint density at radius 1 is 1.20 bits per heavy atom. The maximum atomic E-state index is 8.87. The van der Waals surface area contributed by atoms with Crippen molar-refractivity contribution >= 4 is 37.7 Å². The van der Waals surface area contributed by atoms with Crippen molar-refractivity contribution in [1.29, 1.82) is 0 Å². The van der Waals surface area contributed by atoms with Gasteiger partial charge in [0.25, 0.3) is 0 Å². The van der Waals surface area contributed by atoms with Crippen LogP contribution in [0.2, 0.25) is 0 Å². The maximum absolute atomic E-state index is 8.87. The van der Waals surface area contributed by atoms with Crippen molar-refractivity contribution in [3.8, 4) is 11.5 Å². The average Bonchev–Trinajstić information content (AvgIpc) is 2.41. The first-order valence-electron chi connectivity index (χ1n) is 5.73. The molecule has 0 aliphatic heterocycles. The number of ether oxygens (including phenoxy) is 1. The van der Waals surface area contributed by atoms with Gasteiger partial charge in [-0.2, -0.15) is 0 Å². The Morgan fingerprint density at radius 3 is 2.60 bits per heavy atom. The first kappa shape index (κ1) is 14.9. The minimum atomic E-state index is -0.0118. The lowest BCUT2D eigenvalue weighted by Crippen LogP contribution is -2.15. The highest BCUT2D eigenvalue weighted by molar-refractivity contribution is 9.10. The van der Waals surface area contributed by atoms with Gasteiger partial charge in [-0.3, -0.25) is 0 Å². The Bertz CT molecular complexity index is 672. The topological polar surface area (TPSA) is 67.8 Å². The highest BCUT2D eigenvalue weighted by Crippen LogP contribution is 2.32. The van der Waals surface area contributed by atoms with Crippen LogP contribution in [0.5, 0.6) is 11.5 Å². The van der Waals surface area contributed by atoms with Crippen molar-refractivity contribution in [2.24, 2.45) is 10.9 Å². The zero-order chi connectivity index (χ0) is 14.7. The van der Waals surface area contributed by atoms with E-state index < -0.39 is 0 Å². The van der Waals surface area contributed by atoms with Gasteiger partial charge in [0, 0.05) is 8.95 Å². The molecule has 0 aromatic heterocycles. The molecule has 0 fully saturated rings. The molecule has 0 amide bonds. The third kappa shape index (κ3) is 3.13. The van der Waals surface area contributed by atoms with Crippen LogP contribution in [-0.4, -0.2) is 11.0 Å². The second-order valence-electron chi connectivity index (χ2n) is 4.11. The van der Waals surface area contributed by atoms with Gasteiger partial charge in [-0.1, -0.05) is 27.2 Å². The molecule has 0 aliphatic carbocycles. The van der Waals surface area contributed by atoms with E-state index in [1.807, 2.05) is 31.2 Å². The van der Waals surface area contributed by atoms with E-state index in [2.05, 4.69) is 37.0 Å². The molecule has 0 unspecified atom stereocenters. The van der Waals surface area contributed by atoms with Crippen molar-refractivity contribution < 1.29 is 9.94 Å². The summed E-state index contributed by atoms with van der Waals surface area (Å²) in [6, 6.07) is 11.1. The van der Waals surface area contributed by atoms with Gasteiger partial charge < -0.3 is 15.7 Å². The fourth-order valence-electron chi connectivity index (χ4n) is 1.73. The lowest BCUT2D eigenvalue weighted by atomic mass is 10.1. The molecule has 0 bridgehead atoms. The number of oxime groups is 1. The van der Waals surface area contributed by atoms with E-state index >= 15 is 0 Å². The number of halogens is 2. The summed E-state index contributed by atoms with van der Waals surface area (Å²) in [6.07, 6.45) is 0. The van der Waals surface area contributed by atoms with Crippen LogP contribution in [0.15, 0.2) is 50.5 Å². The lowest BCUT2D eigenvalue weighted by Gasteiger charge is -2.13. The molecule has 4 nitrogen and oxygen atoms in total. The summed E-state index contributed by atoms with van der Waals surface area (Å²) in [7, 11) is 0. The minimum Gasteiger partial charge on any atom is -0.456 e. The van der Waals surface area contributed by atoms with E-state index in [1.165, 1.54) is 0 Å². The maximum Gasteiger partial charge on any atom is 0.175 e. The Morgan fingerprint density at radius 2 is 1.95 bits per heavy atom. The molecule has 0 spiro atoms. The molecule has 2 aromatic carbocycles. The number of aryl methyl sites for hydroxylation is 1. The predicted molar refractivity (Wildman–Crippen MR) is 85.6 cm³/mol. The highest BCUT2D eigenvalue weighted by Gasteiger charge is 2.14. The summed E-state index contributed by atoms with van der Waals surface area (Å²) in [5, 5.41) is 11.9. The van der Waals surface area contributed by atoms with E-state index in [4.69, 9.17) is 15.7 Å². The standard InChI is InChI=1S/C14H12Br2N2O2/c1-8-7-9(15)5-6-11(8)20-12-4-2-3-10(16)13(12)14(17)18-19/h2-7,19H,1H3,(H2,17,18). The highest BCUT2D eigenvalue weighted by atomic mass is 79.9. The number of amidine groups is 1. The molecule has 3 N–H and O–H groups in total. The molecule has 0 radical (unpaired) electrons. The number of nitrogens with zero attached hydrogens (tertiary/aromatic N) is 1. The monoisotopic (exact) mass is 398 g/mol. The van der Waals surface area contributed by atoms with Crippen LogP contribution in [0.4, 0.5) is 0 Å². The molecule has 0 saturated heterocycles. The van der Waals surface area contributed by atoms with Crippen molar-refractivity contribution in [2.45, 2.75) is 6.92 Å². The van der Waals surface area contributed by atoms with Crippen LogP contribution in [0, 0.1) is 6.92 Å². The minimum absolute atomic E-state index is 0.0118. The summed E-state index contributed by atoms with van der Waals surface area (Å²) >= 11 is 6.78. The van der Waals surface area contributed by atoms with Gasteiger partial charge in [-0.05, 0) is 58.7 Å². The van der Waals surface area contributed by atoms with Crippen LogP contribution >= 0.6 is 31.9 Å². The van der Waals surface area contributed by atoms with E-state index in [0.29, 0.717) is 21.5 Å². The molecule has 104 valence electrons. The van der Waals surface area contributed by atoms with Crippen molar-refractivity contribution in [3.05, 3.63) is 56.5 Å². The molecule has 0 aliphatic rings. The quantitative estimate of drug-likeness (QED) is 0.347. The first-order valence-corrected chi connectivity index (χ1v) is 7.32. The fourth-order valence-corrected chi connectivity index (χ4v) is 2.76. The molecule has 6 heteroatoms. The first-order chi connectivity index (χ1) is 9.52. The molecule has 0 saturated carbocycles. The Hall–Kier alpha value is -1.53. The molecule has 0 heterocycles. The fraction of sp³-hybridized carbons (Fsp3) is 0.0714. The van der Waals surface area contributed by atoms with Gasteiger partial charge in [0.15, 0.2) is 5.84 Å². The molecular formula is C14H12Br2N2O2. The smallest absolute Gasteiger partial charge is 0.175 e. The van der Waals surface area contributed by atoms with Crippen molar-refractivity contribution in [1.82, 2.24) is 0 Å². The number of benzene rings is 2. The SMILES string of the molecule is Cc1cc(Br)ccc1Oc1cccc(Br)c1/C(N)=N/O. The third-order valence-corrected chi connectivity index (χ3v) is 3.85. The Labute approximate surface area is 133 Å². The van der Waals surface area contributed by atoms with Gasteiger partial charge in [-0.15, -0.1) is 0 Å². The number of hydrogen-bond acceptors (Lipinski definition) is 3. The van der Waals surface area contributed by atoms with Gasteiger partial charge in [0.2, 0.25) is 0 Å². The van der Waals surface area contributed by atoms with Crippen LogP contribution in [0.1, 0.15) is 11.1 Å². The van der Waals surface area contributed by atoms with Crippen LogP contribution < -0.4 is 10.5 Å². The van der Waals surface area contributed by atoms with E-state index in [9.17, 15) is 0 Å². The lowest BCUT2D eigenvalue weighted by molar-refractivity contribution is 0.318. The molecule has 0 atom stereocenters. The number of nitrogens with two attached hydrogens (primary N) is 1. The molecular weight excluding hydrogens is 388 g/mol. The molecule has 2 aromatic rings. The van der Waals surface area contributed by atoms with Crippen LogP contribution in [0.3, 0.4) is 0 Å². The summed E-state index contributed by atoms with van der Waals surface area (Å²) in [4.78, 5) is 0. The van der Waals surface area contributed by atoms with E-state index in [-0.39, 0.29) is 5.84 Å². The zero-order valence-corrected chi connectivity index (χ0v) is 13.8. The summed E-state index contributed by atoms with van der Waals surface area (Å²) in [6.45, 7) is 1.95. The van der Waals surface area contributed by atoms with Crippen LogP contribution in [0.25, 0.3) is 0 Å². The molecule has 20 heavy (non-hydrogen) atoms. The predicted octanol–water partition coefficient (Wildman–Crippen LogP) is 4.41. The zero-order valence-electron chi connectivity index (χ0n) is 10.6. The van der Waals surface area contributed by atoms with Gasteiger partial charge >= 0.3 is 0 Å². The Kier molecular flexibility index (Phi) is 4.67. The summed E-state index contributed by atoms with van der Waals surface area (Å²) in [5.41, 5.74) is 7.18.